The van der Waals surface area contributed by atoms with E-state index < -0.39 is 22.7 Å². The first-order valence-corrected chi connectivity index (χ1v) is 15.8. The quantitative estimate of drug-likeness (QED) is 0.391. The van der Waals surface area contributed by atoms with Gasteiger partial charge in [0.1, 0.15) is 18.3 Å². The standard InChI is InChI=1S/C20H40O5Si2/c1-19(2,3)26(7,8)23-12-14-13(11-21)15(22)17-18(24-17)16(14)25-27(9,10)20(4,5)6/h15-18,21-22H,11-12H2,1-10H3/t15-,16+,17+,18-/m0/s1. The summed E-state index contributed by atoms with van der Waals surface area (Å²) in [5, 5.41) is 20.7. The molecule has 1 saturated heterocycles. The van der Waals surface area contributed by atoms with E-state index in [1.54, 1.807) is 0 Å². The zero-order chi connectivity index (χ0) is 21.0. The van der Waals surface area contributed by atoms with E-state index in [0.717, 1.165) is 5.57 Å². The Morgan fingerprint density at radius 2 is 1.41 bits per heavy atom. The summed E-state index contributed by atoms with van der Waals surface area (Å²) in [7, 11) is -4.02. The van der Waals surface area contributed by atoms with E-state index in [0.29, 0.717) is 12.2 Å². The molecule has 1 heterocycles. The third kappa shape index (κ3) is 4.60. The molecule has 0 aromatic heterocycles. The van der Waals surface area contributed by atoms with Gasteiger partial charge in [0.2, 0.25) is 0 Å². The Morgan fingerprint density at radius 1 is 0.889 bits per heavy atom. The number of hydrogen-bond acceptors (Lipinski definition) is 5. The molecule has 0 radical (unpaired) electrons. The van der Waals surface area contributed by atoms with Crippen molar-refractivity contribution in [3.63, 3.8) is 0 Å². The number of aliphatic hydroxyl groups excluding tert-OH is 2. The molecular formula is C20H40O5Si2. The first-order valence-electron chi connectivity index (χ1n) is 10.0. The van der Waals surface area contributed by atoms with Gasteiger partial charge in [-0.25, -0.2) is 0 Å². The van der Waals surface area contributed by atoms with Gasteiger partial charge in [0.25, 0.3) is 0 Å². The van der Waals surface area contributed by atoms with Gasteiger partial charge < -0.3 is 23.8 Å². The van der Waals surface area contributed by atoms with Crippen molar-refractivity contribution < 1.29 is 23.8 Å². The van der Waals surface area contributed by atoms with Gasteiger partial charge in [-0.15, -0.1) is 0 Å². The summed E-state index contributed by atoms with van der Waals surface area (Å²) in [6.45, 7) is 22.3. The fraction of sp³-hybridized carbons (Fsp3) is 0.900. The summed E-state index contributed by atoms with van der Waals surface area (Å²) in [5.74, 6) is 0. The van der Waals surface area contributed by atoms with Crippen LogP contribution in [0.15, 0.2) is 11.1 Å². The van der Waals surface area contributed by atoms with E-state index in [1.165, 1.54) is 0 Å². The van der Waals surface area contributed by atoms with Crippen LogP contribution in [0.5, 0.6) is 0 Å². The van der Waals surface area contributed by atoms with Crippen molar-refractivity contribution >= 4 is 16.6 Å². The molecule has 158 valence electrons. The van der Waals surface area contributed by atoms with E-state index in [4.69, 9.17) is 13.6 Å². The lowest BCUT2D eigenvalue weighted by Gasteiger charge is -2.42. The van der Waals surface area contributed by atoms with Gasteiger partial charge in [-0.05, 0) is 47.4 Å². The van der Waals surface area contributed by atoms with Gasteiger partial charge in [-0.3, -0.25) is 0 Å². The second-order valence-corrected chi connectivity index (χ2v) is 20.6. The summed E-state index contributed by atoms with van der Waals surface area (Å²) < 4.78 is 18.9. The monoisotopic (exact) mass is 416 g/mol. The average molecular weight is 417 g/mol. The van der Waals surface area contributed by atoms with Crippen LogP contribution >= 0.6 is 0 Å². The minimum Gasteiger partial charge on any atom is -0.413 e. The zero-order valence-corrected chi connectivity index (χ0v) is 20.8. The Kier molecular flexibility index (Phi) is 6.32. The molecule has 0 aromatic carbocycles. The molecule has 0 saturated carbocycles. The predicted octanol–water partition coefficient (Wildman–Crippen LogP) is 3.83. The molecule has 7 heteroatoms. The molecule has 0 spiro atoms. The van der Waals surface area contributed by atoms with Crippen LogP contribution in [0.3, 0.4) is 0 Å². The lowest BCUT2D eigenvalue weighted by atomic mass is 9.88. The molecule has 0 amide bonds. The lowest BCUT2D eigenvalue weighted by Crippen LogP contribution is -2.50. The Labute approximate surface area is 167 Å². The third-order valence-electron chi connectivity index (χ3n) is 7.08. The van der Waals surface area contributed by atoms with Crippen LogP contribution in [0.25, 0.3) is 0 Å². The number of ether oxygens (including phenoxy) is 1. The van der Waals surface area contributed by atoms with E-state index in [9.17, 15) is 10.2 Å². The highest BCUT2D eigenvalue weighted by Crippen LogP contribution is 2.46. The molecule has 4 atom stereocenters. The number of epoxide rings is 1. The maximum Gasteiger partial charge on any atom is 0.193 e. The fourth-order valence-corrected chi connectivity index (χ4v) is 5.09. The van der Waals surface area contributed by atoms with Crippen molar-refractivity contribution in [2.24, 2.45) is 0 Å². The van der Waals surface area contributed by atoms with Gasteiger partial charge in [0.15, 0.2) is 16.6 Å². The summed E-state index contributed by atoms with van der Waals surface area (Å²) >= 11 is 0. The van der Waals surface area contributed by atoms with Crippen LogP contribution in [-0.2, 0) is 13.6 Å². The van der Waals surface area contributed by atoms with E-state index in [-0.39, 0.29) is 35.0 Å². The van der Waals surface area contributed by atoms with E-state index >= 15 is 0 Å². The lowest BCUT2D eigenvalue weighted by molar-refractivity contribution is 0.132. The first kappa shape index (κ1) is 23.3. The normalized spacial score (nSPS) is 29.8. The molecular weight excluding hydrogens is 376 g/mol. The van der Waals surface area contributed by atoms with Gasteiger partial charge >= 0.3 is 0 Å². The Balaban J connectivity index is 2.33. The number of fused-ring (bicyclic) bond motifs is 1. The molecule has 0 bridgehead atoms. The van der Waals surface area contributed by atoms with Crippen LogP contribution in [0.1, 0.15) is 41.5 Å². The highest BCUT2D eigenvalue weighted by atomic mass is 28.4. The second-order valence-electron chi connectivity index (χ2n) is 11.1. The molecule has 0 aromatic rings. The largest absolute Gasteiger partial charge is 0.413 e. The Bertz CT molecular complexity index is 586. The molecule has 0 unspecified atom stereocenters. The average Bonchev–Trinajstić information content (AvgIpc) is 3.26. The maximum absolute atomic E-state index is 10.6. The SMILES string of the molecule is CC(C)(C)[Si](C)(C)OCC1=C(CO)[C@H](O)[C@H]2O[C@H]2[C@@H]1O[Si](C)(C)C(C)(C)C. The van der Waals surface area contributed by atoms with Crippen LogP contribution in [0, 0.1) is 0 Å². The van der Waals surface area contributed by atoms with Crippen molar-refractivity contribution in [3.8, 4) is 0 Å². The predicted molar refractivity (Wildman–Crippen MR) is 114 cm³/mol. The first-order chi connectivity index (χ1) is 12.0. The number of hydrogen-bond donors (Lipinski definition) is 2. The highest BCUT2D eigenvalue weighted by molar-refractivity contribution is 6.74. The minimum absolute atomic E-state index is 0.0677. The fourth-order valence-electron chi connectivity index (χ4n) is 2.88. The molecule has 5 nitrogen and oxygen atoms in total. The van der Waals surface area contributed by atoms with Crippen LogP contribution in [0.2, 0.25) is 36.3 Å². The second kappa shape index (κ2) is 7.34. The molecule has 2 N–H and O–H groups in total. The molecule has 1 aliphatic carbocycles. The van der Waals surface area contributed by atoms with Crippen LogP contribution in [0.4, 0.5) is 0 Å². The van der Waals surface area contributed by atoms with Crippen molar-refractivity contribution in [2.45, 2.75) is 102 Å². The minimum atomic E-state index is -2.05. The molecule has 27 heavy (non-hydrogen) atoms. The third-order valence-corrected chi connectivity index (χ3v) is 16.0. The Hall–Kier alpha value is -0.0262. The molecule has 2 rings (SSSR count). The van der Waals surface area contributed by atoms with Gasteiger partial charge in [0, 0.05) is 0 Å². The van der Waals surface area contributed by atoms with Crippen LogP contribution < -0.4 is 0 Å². The molecule has 2 aliphatic rings. The highest BCUT2D eigenvalue weighted by Gasteiger charge is 2.58. The number of rotatable bonds is 6. The maximum atomic E-state index is 10.6. The van der Waals surface area contributed by atoms with E-state index in [2.05, 4.69) is 67.7 Å². The molecule has 1 aliphatic heterocycles. The summed E-state index contributed by atoms with van der Waals surface area (Å²) in [6.07, 6.45) is -1.41. The van der Waals surface area contributed by atoms with Crippen molar-refractivity contribution in [1.82, 2.24) is 0 Å². The van der Waals surface area contributed by atoms with Gasteiger partial charge in [-0.2, -0.15) is 0 Å². The van der Waals surface area contributed by atoms with Crippen molar-refractivity contribution in [2.75, 3.05) is 13.2 Å². The van der Waals surface area contributed by atoms with Crippen molar-refractivity contribution in [3.05, 3.63) is 11.1 Å². The van der Waals surface area contributed by atoms with Gasteiger partial charge in [0.05, 0.1) is 19.3 Å². The smallest absolute Gasteiger partial charge is 0.193 e. The zero-order valence-electron chi connectivity index (χ0n) is 18.8. The Morgan fingerprint density at radius 3 is 1.85 bits per heavy atom. The summed E-state index contributed by atoms with van der Waals surface area (Å²) in [5.41, 5.74) is 1.51. The summed E-state index contributed by atoms with van der Waals surface area (Å²) in [4.78, 5) is 0. The van der Waals surface area contributed by atoms with Crippen LogP contribution in [-0.4, -0.2) is 64.5 Å². The van der Waals surface area contributed by atoms with Crippen molar-refractivity contribution in [1.29, 1.82) is 0 Å². The van der Waals surface area contributed by atoms with Gasteiger partial charge in [-0.1, -0.05) is 41.5 Å². The summed E-state index contributed by atoms with van der Waals surface area (Å²) in [6, 6.07) is 0. The number of aliphatic hydroxyl groups is 2. The van der Waals surface area contributed by atoms with E-state index in [1.807, 2.05) is 0 Å². The topological polar surface area (TPSA) is 71.5 Å². The molecule has 1 fully saturated rings.